The first-order valence-electron chi connectivity index (χ1n) is 5.46. The largest absolute Gasteiger partial charge is 0.0928 e. The Morgan fingerprint density at radius 3 is 2.46 bits per heavy atom. The van der Waals surface area contributed by atoms with Crippen molar-refractivity contribution in [1.29, 1.82) is 0 Å². The number of rotatable bonds is 7. The summed E-state index contributed by atoms with van der Waals surface area (Å²) in [6, 6.07) is 0. The first-order valence-corrected chi connectivity index (χ1v) is 6.58. The molecule has 13 heavy (non-hydrogen) atoms. The SMILES string of the molecule is CC/C(C)=C/CCC(CC)CCBr. The molecule has 0 aromatic rings. The minimum absolute atomic E-state index is 0.917. The molecule has 0 aromatic carbocycles. The van der Waals surface area contributed by atoms with E-state index in [9.17, 15) is 0 Å². The zero-order valence-corrected chi connectivity index (χ0v) is 10.9. The van der Waals surface area contributed by atoms with E-state index in [4.69, 9.17) is 0 Å². The second-order valence-corrected chi connectivity index (χ2v) is 4.53. The minimum atomic E-state index is 0.917. The lowest BCUT2D eigenvalue weighted by atomic mass is 9.97. The number of allylic oxidation sites excluding steroid dienone is 2. The Hall–Kier alpha value is 0.220. The van der Waals surface area contributed by atoms with E-state index in [1.807, 2.05) is 0 Å². The summed E-state index contributed by atoms with van der Waals surface area (Å²) in [7, 11) is 0. The van der Waals surface area contributed by atoms with Crippen LogP contribution in [0.15, 0.2) is 11.6 Å². The fourth-order valence-electron chi connectivity index (χ4n) is 1.42. The second kappa shape index (κ2) is 8.80. The lowest BCUT2D eigenvalue weighted by molar-refractivity contribution is 0.464. The lowest BCUT2D eigenvalue weighted by Crippen LogP contribution is -1.98. The average molecular weight is 247 g/mol. The molecule has 0 aliphatic carbocycles. The second-order valence-electron chi connectivity index (χ2n) is 3.73. The standard InChI is InChI=1S/C12H23Br/c1-4-11(3)7-6-8-12(5-2)9-10-13/h7,12H,4-6,8-10H2,1-3H3/b11-7+. The van der Waals surface area contributed by atoms with Crippen molar-refractivity contribution in [2.24, 2.45) is 5.92 Å². The van der Waals surface area contributed by atoms with Gasteiger partial charge in [0.25, 0.3) is 0 Å². The summed E-state index contributed by atoms with van der Waals surface area (Å²) in [5.41, 5.74) is 1.54. The zero-order chi connectivity index (χ0) is 10.1. The van der Waals surface area contributed by atoms with Crippen LogP contribution in [0.1, 0.15) is 52.9 Å². The van der Waals surface area contributed by atoms with Crippen molar-refractivity contribution in [3.63, 3.8) is 0 Å². The summed E-state index contributed by atoms with van der Waals surface area (Å²) in [5.74, 6) is 0.917. The average Bonchev–Trinajstić information content (AvgIpc) is 2.16. The van der Waals surface area contributed by atoms with Gasteiger partial charge in [0.15, 0.2) is 0 Å². The molecule has 0 aromatic heterocycles. The maximum Gasteiger partial charge on any atom is 0.00339 e. The van der Waals surface area contributed by atoms with Gasteiger partial charge in [-0.2, -0.15) is 0 Å². The molecule has 0 bridgehead atoms. The van der Waals surface area contributed by atoms with Crippen molar-refractivity contribution in [3.05, 3.63) is 11.6 Å². The van der Waals surface area contributed by atoms with Crippen molar-refractivity contribution >= 4 is 15.9 Å². The molecule has 0 fully saturated rings. The molecule has 0 rings (SSSR count). The minimum Gasteiger partial charge on any atom is -0.0928 e. The van der Waals surface area contributed by atoms with E-state index in [1.165, 1.54) is 37.7 Å². The highest BCUT2D eigenvalue weighted by atomic mass is 79.9. The van der Waals surface area contributed by atoms with E-state index in [0.717, 1.165) is 11.2 Å². The first-order chi connectivity index (χ1) is 6.24. The van der Waals surface area contributed by atoms with E-state index < -0.39 is 0 Å². The lowest BCUT2D eigenvalue weighted by Gasteiger charge is -2.11. The van der Waals surface area contributed by atoms with Crippen LogP contribution in [0.5, 0.6) is 0 Å². The molecule has 0 aliphatic rings. The molecule has 0 aliphatic heterocycles. The van der Waals surface area contributed by atoms with Crippen LogP contribution in [-0.2, 0) is 0 Å². The molecule has 0 N–H and O–H groups in total. The summed E-state index contributed by atoms with van der Waals surface area (Å²) in [6.07, 6.45) is 8.89. The fraction of sp³-hybridized carbons (Fsp3) is 0.833. The molecule has 78 valence electrons. The Labute approximate surface area is 91.9 Å². The van der Waals surface area contributed by atoms with Gasteiger partial charge in [0, 0.05) is 5.33 Å². The molecular formula is C12H23Br. The highest BCUT2D eigenvalue weighted by Crippen LogP contribution is 2.17. The molecule has 0 saturated carbocycles. The van der Waals surface area contributed by atoms with Crippen LogP contribution in [0, 0.1) is 5.92 Å². The Bertz CT molecular complexity index is 138. The highest BCUT2D eigenvalue weighted by Gasteiger charge is 2.03. The van der Waals surface area contributed by atoms with Gasteiger partial charge in [-0.3, -0.25) is 0 Å². The monoisotopic (exact) mass is 246 g/mol. The molecule has 0 saturated heterocycles. The van der Waals surface area contributed by atoms with Gasteiger partial charge in [0.2, 0.25) is 0 Å². The maximum absolute atomic E-state index is 3.51. The van der Waals surface area contributed by atoms with Crippen molar-refractivity contribution in [2.75, 3.05) is 5.33 Å². The van der Waals surface area contributed by atoms with Crippen LogP contribution in [0.25, 0.3) is 0 Å². The Morgan fingerprint density at radius 1 is 1.31 bits per heavy atom. The van der Waals surface area contributed by atoms with E-state index in [0.29, 0.717) is 0 Å². The van der Waals surface area contributed by atoms with Crippen LogP contribution in [0.3, 0.4) is 0 Å². The summed E-state index contributed by atoms with van der Waals surface area (Å²) in [5, 5.41) is 1.15. The molecular weight excluding hydrogens is 224 g/mol. The van der Waals surface area contributed by atoms with E-state index in [1.54, 1.807) is 0 Å². The predicted octanol–water partition coefficient (Wildman–Crippen LogP) is 4.93. The van der Waals surface area contributed by atoms with Crippen LogP contribution in [-0.4, -0.2) is 5.33 Å². The first kappa shape index (κ1) is 13.2. The van der Waals surface area contributed by atoms with Gasteiger partial charge in [0.05, 0.1) is 0 Å². The summed E-state index contributed by atoms with van der Waals surface area (Å²) in [6.45, 7) is 6.75. The Kier molecular flexibility index (Phi) is 8.95. The third kappa shape index (κ3) is 7.30. The Balaban J connectivity index is 3.59. The van der Waals surface area contributed by atoms with E-state index >= 15 is 0 Å². The quantitative estimate of drug-likeness (QED) is 0.442. The van der Waals surface area contributed by atoms with E-state index in [2.05, 4.69) is 42.8 Å². The molecule has 1 heteroatoms. The predicted molar refractivity (Wildman–Crippen MR) is 65.5 cm³/mol. The van der Waals surface area contributed by atoms with Crippen LogP contribution < -0.4 is 0 Å². The molecule has 1 atom stereocenters. The molecule has 0 heterocycles. The smallest absolute Gasteiger partial charge is 0.00339 e. The number of alkyl halides is 1. The Morgan fingerprint density at radius 2 is 2.00 bits per heavy atom. The molecule has 1 unspecified atom stereocenters. The number of hydrogen-bond donors (Lipinski definition) is 0. The zero-order valence-electron chi connectivity index (χ0n) is 9.28. The van der Waals surface area contributed by atoms with Crippen molar-refractivity contribution in [1.82, 2.24) is 0 Å². The van der Waals surface area contributed by atoms with Gasteiger partial charge in [-0.1, -0.05) is 47.8 Å². The normalized spacial score (nSPS) is 14.6. The van der Waals surface area contributed by atoms with Crippen LogP contribution >= 0.6 is 15.9 Å². The number of hydrogen-bond acceptors (Lipinski definition) is 0. The van der Waals surface area contributed by atoms with Crippen molar-refractivity contribution in [3.8, 4) is 0 Å². The van der Waals surface area contributed by atoms with Crippen molar-refractivity contribution in [2.45, 2.75) is 52.9 Å². The van der Waals surface area contributed by atoms with Gasteiger partial charge < -0.3 is 0 Å². The molecule has 0 nitrogen and oxygen atoms in total. The fourth-order valence-corrected chi connectivity index (χ4v) is 2.06. The van der Waals surface area contributed by atoms with Crippen molar-refractivity contribution < 1.29 is 0 Å². The third-order valence-corrected chi connectivity index (χ3v) is 3.18. The number of halogens is 1. The topological polar surface area (TPSA) is 0 Å². The van der Waals surface area contributed by atoms with Gasteiger partial charge in [-0.15, -0.1) is 0 Å². The van der Waals surface area contributed by atoms with Crippen LogP contribution in [0.2, 0.25) is 0 Å². The molecule has 0 amide bonds. The molecule has 0 radical (unpaired) electrons. The van der Waals surface area contributed by atoms with Gasteiger partial charge in [-0.25, -0.2) is 0 Å². The third-order valence-electron chi connectivity index (χ3n) is 2.72. The summed E-state index contributed by atoms with van der Waals surface area (Å²) in [4.78, 5) is 0. The maximum atomic E-state index is 3.51. The summed E-state index contributed by atoms with van der Waals surface area (Å²) >= 11 is 3.51. The molecule has 0 spiro atoms. The van der Waals surface area contributed by atoms with Gasteiger partial charge in [0.1, 0.15) is 0 Å². The highest BCUT2D eigenvalue weighted by molar-refractivity contribution is 9.09. The van der Waals surface area contributed by atoms with Gasteiger partial charge >= 0.3 is 0 Å². The van der Waals surface area contributed by atoms with Crippen LogP contribution in [0.4, 0.5) is 0 Å². The van der Waals surface area contributed by atoms with Gasteiger partial charge in [-0.05, 0) is 38.5 Å². The van der Waals surface area contributed by atoms with E-state index in [-0.39, 0.29) is 0 Å². The summed E-state index contributed by atoms with van der Waals surface area (Å²) < 4.78 is 0.